The molecule has 0 bridgehead atoms. The fraction of sp³-hybridized carbons (Fsp3) is 0. The van der Waals surface area contributed by atoms with Crippen LogP contribution >= 0.6 is 0 Å². The van der Waals surface area contributed by atoms with Gasteiger partial charge in [-0.1, -0.05) is 12.1 Å². The van der Waals surface area contributed by atoms with Gasteiger partial charge in [-0.2, -0.15) is 0 Å². The molecule has 112 valence electrons. The van der Waals surface area contributed by atoms with E-state index in [1.807, 2.05) is 9.97 Å². The number of nitrogens with one attached hydrogen (secondary N) is 5. The molecule has 9 nitrogen and oxygen atoms in total. The smallest absolute Gasteiger partial charge is 0.328 e. The molecule has 0 saturated heterocycles. The molecule has 22 heavy (non-hydrogen) atoms. The third-order valence-electron chi connectivity index (χ3n) is 3.03. The Hall–Kier alpha value is -3.49. The van der Waals surface area contributed by atoms with Crippen LogP contribution in [0.5, 0.6) is 5.88 Å². The van der Waals surface area contributed by atoms with E-state index in [1.54, 1.807) is 30.5 Å². The standard InChI is InChI=1S/C13H11N5O4/c19-10(9-11(20)16-13(22)17-12(9)21)15-7-3-1-6(2-4-7)8-5-14-18-8/h1-5,14,18H,(H,15,19)(H3,16,17,20,21,22). The predicted molar refractivity (Wildman–Crippen MR) is 77.9 cm³/mol. The molecule has 0 atom stereocenters. The summed E-state index contributed by atoms with van der Waals surface area (Å²) in [7, 11) is 0. The average Bonchev–Trinajstić information content (AvgIpc) is 2.37. The molecule has 0 aliphatic rings. The monoisotopic (exact) mass is 301 g/mol. The second-order valence-corrected chi connectivity index (χ2v) is 4.49. The Bertz CT molecular complexity index is 919. The Morgan fingerprint density at radius 1 is 1.09 bits per heavy atom. The minimum absolute atomic E-state index is 0.437. The molecule has 2 heterocycles. The summed E-state index contributed by atoms with van der Waals surface area (Å²) in [5, 5.41) is 17.6. The van der Waals surface area contributed by atoms with Gasteiger partial charge < -0.3 is 15.5 Å². The van der Waals surface area contributed by atoms with Crippen molar-refractivity contribution >= 4 is 11.6 Å². The topological polar surface area (TPSA) is 147 Å². The lowest BCUT2D eigenvalue weighted by Gasteiger charge is -2.08. The van der Waals surface area contributed by atoms with Crippen molar-refractivity contribution in [2.24, 2.45) is 0 Å². The van der Waals surface area contributed by atoms with Crippen molar-refractivity contribution in [2.75, 3.05) is 5.32 Å². The van der Waals surface area contributed by atoms with Crippen LogP contribution in [0.3, 0.4) is 0 Å². The Labute approximate surface area is 122 Å². The molecule has 0 aliphatic carbocycles. The zero-order valence-corrected chi connectivity index (χ0v) is 11.1. The number of anilines is 1. The quantitative estimate of drug-likeness (QED) is 0.414. The molecule has 3 rings (SSSR count). The molecule has 1 amide bonds. The predicted octanol–water partition coefficient (Wildman–Crippen LogP) is 0.344. The van der Waals surface area contributed by atoms with E-state index in [4.69, 9.17) is 0 Å². The van der Waals surface area contributed by atoms with Crippen LogP contribution in [0.1, 0.15) is 10.4 Å². The zero-order valence-electron chi connectivity index (χ0n) is 11.1. The molecule has 0 aliphatic heterocycles. The molecule has 0 fully saturated rings. The van der Waals surface area contributed by atoms with Gasteiger partial charge in [0.1, 0.15) is 0 Å². The number of hydrogen-bond acceptors (Lipinski definition) is 4. The fourth-order valence-electron chi connectivity index (χ4n) is 1.91. The third-order valence-corrected chi connectivity index (χ3v) is 3.03. The largest absolute Gasteiger partial charge is 0.494 e. The van der Waals surface area contributed by atoms with Crippen molar-refractivity contribution in [3.05, 3.63) is 56.9 Å². The number of aromatic hydroxyl groups is 1. The van der Waals surface area contributed by atoms with Gasteiger partial charge in [0, 0.05) is 17.4 Å². The lowest BCUT2D eigenvalue weighted by Crippen LogP contribution is -2.30. The summed E-state index contributed by atoms with van der Waals surface area (Å²) in [6.07, 6.45) is 1.78. The molecule has 0 unspecified atom stereocenters. The Morgan fingerprint density at radius 3 is 2.32 bits per heavy atom. The van der Waals surface area contributed by atoms with Gasteiger partial charge in [0.15, 0.2) is 5.56 Å². The van der Waals surface area contributed by atoms with Crippen LogP contribution < -0.4 is 16.6 Å². The first-order chi connectivity index (χ1) is 10.5. The summed E-state index contributed by atoms with van der Waals surface area (Å²) >= 11 is 0. The van der Waals surface area contributed by atoms with Crippen molar-refractivity contribution in [2.45, 2.75) is 0 Å². The second-order valence-electron chi connectivity index (χ2n) is 4.49. The zero-order chi connectivity index (χ0) is 15.7. The number of carbonyl (C=O) groups excluding carboxylic acids is 1. The number of benzene rings is 1. The van der Waals surface area contributed by atoms with E-state index in [0.717, 1.165) is 11.3 Å². The molecule has 0 spiro atoms. The van der Waals surface area contributed by atoms with E-state index in [-0.39, 0.29) is 0 Å². The molecule has 0 saturated carbocycles. The van der Waals surface area contributed by atoms with Crippen LogP contribution in [-0.4, -0.2) is 31.2 Å². The van der Waals surface area contributed by atoms with Gasteiger partial charge in [-0.3, -0.25) is 24.7 Å². The van der Waals surface area contributed by atoms with E-state index in [9.17, 15) is 19.5 Å². The summed E-state index contributed by atoms with van der Waals surface area (Å²) in [5.41, 5.74) is -0.152. The highest BCUT2D eigenvalue weighted by molar-refractivity contribution is 6.05. The number of aromatic amines is 4. The van der Waals surface area contributed by atoms with Gasteiger partial charge >= 0.3 is 5.69 Å². The number of amides is 1. The molecular weight excluding hydrogens is 290 g/mol. The van der Waals surface area contributed by atoms with Gasteiger partial charge in [-0.15, -0.1) is 0 Å². The highest BCUT2D eigenvalue weighted by Gasteiger charge is 2.17. The highest BCUT2D eigenvalue weighted by Crippen LogP contribution is 2.19. The van der Waals surface area contributed by atoms with Crippen molar-refractivity contribution in [3.8, 4) is 17.1 Å². The molecule has 9 heteroatoms. The Morgan fingerprint density at radius 2 is 1.77 bits per heavy atom. The number of rotatable bonds is 3. The van der Waals surface area contributed by atoms with Gasteiger partial charge in [0.25, 0.3) is 11.5 Å². The summed E-state index contributed by atoms with van der Waals surface area (Å²) in [6, 6.07) is 6.83. The minimum Gasteiger partial charge on any atom is -0.494 e. The highest BCUT2D eigenvalue weighted by atomic mass is 16.3. The van der Waals surface area contributed by atoms with Crippen LogP contribution in [0.4, 0.5) is 5.69 Å². The third kappa shape index (κ3) is 2.42. The fourth-order valence-corrected chi connectivity index (χ4v) is 1.91. The van der Waals surface area contributed by atoms with E-state index in [2.05, 4.69) is 15.5 Å². The first-order valence-corrected chi connectivity index (χ1v) is 6.23. The molecule has 0 radical (unpaired) electrons. The maximum absolute atomic E-state index is 12.0. The van der Waals surface area contributed by atoms with E-state index in [1.165, 1.54) is 0 Å². The van der Waals surface area contributed by atoms with Gasteiger partial charge in [-0.25, -0.2) is 4.79 Å². The Kier molecular flexibility index (Phi) is 3.14. The van der Waals surface area contributed by atoms with Crippen LogP contribution in [0, 0.1) is 0 Å². The van der Waals surface area contributed by atoms with Gasteiger partial charge in [0.05, 0.1) is 5.69 Å². The molecule has 1 aromatic carbocycles. The lowest BCUT2D eigenvalue weighted by atomic mass is 10.1. The first kappa shape index (κ1) is 13.5. The van der Waals surface area contributed by atoms with Crippen LogP contribution in [0.15, 0.2) is 40.1 Å². The normalized spacial score (nSPS) is 10.5. The number of hydrogen-bond donors (Lipinski definition) is 6. The maximum atomic E-state index is 12.0. The lowest BCUT2D eigenvalue weighted by molar-refractivity contribution is 0.102. The summed E-state index contributed by atoms with van der Waals surface area (Å²) < 4.78 is 0. The van der Waals surface area contributed by atoms with Crippen molar-refractivity contribution in [1.82, 2.24) is 20.2 Å². The van der Waals surface area contributed by atoms with Crippen molar-refractivity contribution in [3.63, 3.8) is 0 Å². The van der Waals surface area contributed by atoms with E-state index >= 15 is 0 Å². The molecule has 3 aromatic rings. The summed E-state index contributed by atoms with van der Waals surface area (Å²) in [4.78, 5) is 38.4. The minimum atomic E-state index is -0.967. The van der Waals surface area contributed by atoms with Gasteiger partial charge in [0.2, 0.25) is 5.88 Å². The van der Waals surface area contributed by atoms with E-state index < -0.39 is 28.6 Å². The SMILES string of the molecule is O=C(Nc1ccc(-c2c[nH][nH]2)cc1)c1c(O)[nH]c(=O)[nH]c1=O. The van der Waals surface area contributed by atoms with Crippen molar-refractivity contribution < 1.29 is 9.90 Å². The molecular formula is C13H11N5O4. The van der Waals surface area contributed by atoms with Crippen molar-refractivity contribution in [1.29, 1.82) is 0 Å². The second kappa shape index (κ2) is 5.13. The number of aromatic nitrogens is 4. The summed E-state index contributed by atoms with van der Waals surface area (Å²) in [5.74, 6) is -1.61. The Balaban J connectivity index is 1.83. The summed E-state index contributed by atoms with van der Waals surface area (Å²) in [6.45, 7) is 0. The first-order valence-electron chi connectivity index (χ1n) is 6.23. The van der Waals surface area contributed by atoms with Crippen LogP contribution in [-0.2, 0) is 0 Å². The maximum Gasteiger partial charge on any atom is 0.328 e. The van der Waals surface area contributed by atoms with Crippen LogP contribution in [0.25, 0.3) is 11.3 Å². The van der Waals surface area contributed by atoms with E-state index in [0.29, 0.717) is 5.69 Å². The van der Waals surface area contributed by atoms with Crippen LogP contribution in [0.2, 0.25) is 0 Å². The molecule has 6 N–H and O–H groups in total. The average molecular weight is 301 g/mol. The number of H-pyrrole nitrogens is 4. The van der Waals surface area contributed by atoms with Gasteiger partial charge in [-0.05, 0) is 12.1 Å². The number of carbonyl (C=O) groups is 1. The molecule has 2 aromatic heterocycles.